The van der Waals surface area contributed by atoms with Gasteiger partial charge in [0.15, 0.2) is 0 Å². The molecule has 106 valence electrons. The summed E-state index contributed by atoms with van der Waals surface area (Å²) in [6.45, 7) is 2.25. The average Bonchev–Trinajstić information content (AvgIpc) is 2.46. The maximum atomic E-state index is 13.0. The van der Waals surface area contributed by atoms with Crippen LogP contribution in [0.2, 0.25) is 0 Å². The summed E-state index contributed by atoms with van der Waals surface area (Å²) in [7, 11) is 1.70. The van der Waals surface area contributed by atoms with E-state index in [9.17, 15) is 4.39 Å². The van der Waals surface area contributed by atoms with E-state index in [1.807, 2.05) is 18.2 Å². The quantitative estimate of drug-likeness (QED) is 0.782. The van der Waals surface area contributed by atoms with Gasteiger partial charge in [0, 0.05) is 13.7 Å². The number of hydrogen-bond donors (Lipinski definition) is 1. The number of methoxy groups -OCH3 is 1. The maximum absolute atomic E-state index is 13.0. The first-order valence-electron chi connectivity index (χ1n) is 6.80. The summed E-state index contributed by atoms with van der Waals surface area (Å²) in [5.41, 5.74) is 3.46. The molecule has 0 saturated heterocycles. The van der Waals surface area contributed by atoms with Crippen LogP contribution in [-0.4, -0.2) is 13.7 Å². The van der Waals surface area contributed by atoms with E-state index in [0.29, 0.717) is 6.61 Å². The fourth-order valence-electron chi connectivity index (χ4n) is 2.17. The van der Waals surface area contributed by atoms with Crippen LogP contribution in [0.25, 0.3) is 0 Å². The van der Waals surface area contributed by atoms with Gasteiger partial charge < -0.3 is 10.1 Å². The Kier molecular flexibility index (Phi) is 5.71. The van der Waals surface area contributed by atoms with Crippen LogP contribution in [0.3, 0.4) is 0 Å². The zero-order valence-corrected chi connectivity index (χ0v) is 11.7. The second kappa shape index (κ2) is 7.78. The van der Waals surface area contributed by atoms with Gasteiger partial charge in [-0.2, -0.15) is 0 Å². The second-order valence-corrected chi connectivity index (χ2v) is 4.76. The van der Waals surface area contributed by atoms with Gasteiger partial charge in [0.05, 0.1) is 6.61 Å². The molecule has 0 aliphatic carbocycles. The van der Waals surface area contributed by atoms with Crippen LogP contribution in [0.1, 0.15) is 16.7 Å². The van der Waals surface area contributed by atoms with Crippen molar-refractivity contribution in [3.05, 3.63) is 71.0 Å². The molecule has 0 saturated carbocycles. The zero-order chi connectivity index (χ0) is 14.2. The van der Waals surface area contributed by atoms with Crippen LogP contribution in [0.5, 0.6) is 0 Å². The predicted molar refractivity (Wildman–Crippen MR) is 79.0 cm³/mol. The van der Waals surface area contributed by atoms with Crippen molar-refractivity contribution in [3.63, 3.8) is 0 Å². The van der Waals surface area contributed by atoms with Crippen molar-refractivity contribution in [2.45, 2.75) is 19.6 Å². The van der Waals surface area contributed by atoms with Crippen LogP contribution in [-0.2, 0) is 24.3 Å². The summed E-state index contributed by atoms with van der Waals surface area (Å²) in [5.74, 6) is -0.173. The molecule has 0 aliphatic rings. The summed E-state index contributed by atoms with van der Waals surface area (Å²) in [6.07, 6.45) is 0.824. The third kappa shape index (κ3) is 4.44. The van der Waals surface area contributed by atoms with E-state index in [-0.39, 0.29) is 5.82 Å². The Morgan fingerprint density at radius 3 is 2.60 bits per heavy atom. The third-order valence-corrected chi connectivity index (χ3v) is 3.21. The highest BCUT2D eigenvalue weighted by molar-refractivity contribution is 5.26. The van der Waals surface area contributed by atoms with Crippen LogP contribution >= 0.6 is 0 Å². The van der Waals surface area contributed by atoms with Gasteiger partial charge in [0.25, 0.3) is 0 Å². The molecule has 0 aromatic heterocycles. The largest absolute Gasteiger partial charge is 0.380 e. The lowest BCUT2D eigenvalue weighted by atomic mass is 10.1. The van der Waals surface area contributed by atoms with Crippen molar-refractivity contribution in [1.29, 1.82) is 0 Å². The maximum Gasteiger partial charge on any atom is 0.123 e. The number of hydrogen-bond acceptors (Lipinski definition) is 2. The van der Waals surface area contributed by atoms with Crippen LogP contribution < -0.4 is 5.32 Å². The van der Waals surface area contributed by atoms with Crippen LogP contribution in [0.4, 0.5) is 4.39 Å². The van der Waals surface area contributed by atoms with Gasteiger partial charge in [-0.25, -0.2) is 4.39 Å². The van der Waals surface area contributed by atoms with E-state index in [2.05, 4.69) is 17.4 Å². The number of rotatable bonds is 7. The van der Waals surface area contributed by atoms with E-state index in [4.69, 9.17) is 4.74 Å². The molecule has 0 bridgehead atoms. The van der Waals surface area contributed by atoms with Gasteiger partial charge in [-0.05, 0) is 41.8 Å². The van der Waals surface area contributed by atoms with Crippen LogP contribution in [0.15, 0.2) is 48.5 Å². The Morgan fingerprint density at radius 1 is 1.05 bits per heavy atom. The van der Waals surface area contributed by atoms with Crippen LogP contribution in [0, 0.1) is 5.82 Å². The van der Waals surface area contributed by atoms with E-state index in [1.165, 1.54) is 17.2 Å². The van der Waals surface area contributed by atoms with Crippen molar-refractivity contribution >= 4 is 0 Å². The molecule has 0 radical (unpaired) electrons. The van der Waals surface area contributed by atoms with Gasteiger partial charge in [-0.15, -0.1) is 0 Å². The fraction of sp³-hybridized carbons (Fsp3) is 0.294. The standard InChI is InChI=1S/C17H20FNO/c1-20-13-16-7-3-2-6-15(16)12-19-10-9-14-5-4-8-17(18)11-14/h2-8,11,19H,9-10,12-13H2,1H3. The molecule has 3 heteroatoms. The number of benzene rings is 2. The molecule has 0 aliphatic heterocycles. The first-order chi connectivity index (χ1) is 9.79. The molecule has 0 fully saturated rings. The Hall–Kier alpha value is -1.71. The molecule has 0 heterocycles. The SMILES string of the molecule is COCc1ccccc1CNCCc1cccc(F)c1. The zero-order valence-electron chi connectivity index (χ0n) is 11.7. The lowest BCUT2D eigenvalue weighted by molar-refractivity contribution is 0.184. The predicted octanol–water partition coefficient (Wildman–Crippen LogP) is 3.30. The second-order valence-electron chi connectivity index (χ2n) is 4.76. The van der Waals surface area contributed by atoms with Gasteiger partial charge in [-0.1, -0.05) is 36.4 Å². The number of nitrogens with one attached hydrogen (secondary N) is 1. The molecular formula is C17H20FNO. The van der Waals surface area contributed by atoms with Gasteiger partial charge in [-0.3, -0.25) is 0 Å². The summed E-state index contributed by atoms with van der Waals surface area (Å²) < 4.78 is 18.2. The van der Waals surface area contributed by atoms with E-state index >= 15 is 0 Å². The smallest absolute Gasteiger partial charge is 0.123 e. The summed E-state index contributed by atoms with van der Waals surface area (Å²) in [6, 6.07) is 15.0. The first kappa shape index (κ1) is 14.7. The van der Waals surface area contributed by atoms with Gasteiger partial charge in [0.1, 0.15) is 5.82 Å². The highest BCUT2D eigenvalue weighted by Crippen LogP contribution is 2.09. The molecule has 2 rings (SSSR count). The molecule has 0 spiro atoms. The summed E-state index contributed by atoms with van der Waals surface area (Å²) in [5, 5.41) is 3.39. The van der Waals surface area contributed by atoms with E-state index < -0.39 is 0 Å². The van der Waals surface area contributed by atoms with E-state index in [0.717, 1.165) is 25.1 Å². The third-order valence-electron chi connectivity index (χ3n) is 3.21. The summed E-state index contributed by atoms with van der Waals surface area (Å²) in [4.78, 5) is 0. The fourth-order valence-corrected chi connectivity index (χ4v) is 2.17. The molecule has 20 heavy (non-hydrogen) atoms. The molecule has 1 N–H and O–H groups in total. The lowest BCUT2D eigenvalue weighted by Gasteiger charge is -2.10. The van der Waals surface area contributed by atoms with Crippen molar-refractivity contribution in [2.75, 3.05) is 13.7 Å². The van der Waals surface area contributed by atoms with Crippen molar-refractivity contribution in [2.24, 2.45) is 0 Å². The molecule has 2 aromatic rings. The van der Waals surface area contributed by atoms with Crippen molar-refractivity contribution < 1.29 is 9.13 Å². The molecule has 2 aromatic carbocycles. The lowest BCUT2D eigenvalue weighted by Crippen LogP contribution is -2.17. The Morgan fingerprint density at radius 2 is 1.85 bits per heavy atom. The number of ether oxygens (including phenoxy) is 1. The highest BCUT2D eigenvalue weighted by Gasteiger charge is 2.01. The highest BCUT2D eigenvalue weighted by atomic mass is 19.1. The molecule has 2 nitrogen and oxygen atoms in total. The Bertz CT molecular complexity index is 542. The van der Waals surface area contributed by atoms with Crippen molar-refractivity contribution in [1.82, 2.24) is 5.32 Å². The van der Waals surface area contributed by atoms with Gasteiger partial charge >= 0.3 is 0 Å². The minimum atomic E-state index is -0.173. The molecule has 0 atom stereocenters. The molecule has 0 amide bonds. The topological polar surface area (TPSA) is 21.3 Å². The minimum absolute atomic E-state index is 0.173. The first-order valence-corrected chi connectivity index (χ1v) is 6.80. The Balaban J connectivity index is 1.81. The number of halogens is 1. The molecule has 0 unspecified atom stereocenters. The monoisotopic (exact) mass is 273 g/mol. The average molecular weight is 273 g/mol. The Labute approximate surface area is 119 Å². The minimum Gasteiger partial charge on any atom is -0.380 e. The van der Waals surface area contributed by atoms with E-state index in [1.54, 1.807) is 19.2 Å². The molecular weight excluding hydrogens is 253 g/mol. The van der Waals surface area contributed by atoms with Crippen molar-refractivity contribution in [3.8, 4) is 0 Å². The normalized spacial score (nSPS) is 10.7. The summed E-state index contributed by atoms with van der Waals surface area (Å²) >= 11 is 0. The van der Waals surface area contributed by atoms with Gasteiger partial charge in [0.2, 0.25) is 0 Å².